The molecule has 0 atom stereocenters. The second-order valence-corrected chi connectivity index (χ2v) is 8.98. The summed E-state index contributed by atoms with van der Waals surface area (Å²) in [6.07, 6.45) is 0. The number of ether oxygens (including phenoxy) is 1. The summed E-state index contributed by atoms with van der Waals surface area (Å²) in [6, 6.07) is 8.71. The Morgan fingerprint density at radius 1 is 1.17 bits per heavy atom. The lowest BCUT2D eigenvalue weighted by molar-refractivity contribution is 0.0699. The van der Waals surface area contributed by atoms with E-state index in [0.29, 0.717) is 5.56 Å². The van der Waals surface area contributed by atoms with Crippen LogP contribution in [0.5, 0.6) is 5.75 Å². The molecule has 3 rings (SSSR count). The monoisotopic (exact) mass is 581 g/mol. The lowest BCUT2D eigenvalue weighted by Crippen LogP contribution is -2.14. The Labute approximate surface area is 198 Å². The third-order valence-electron chi connectivity index (χ3n) is 3.93. The van der Waals surface area contributed by atoms with Crippen LogP contribution < -0.4 is 10.1 Å². The van der Waals surface area contributed by atoms with E-state index >= 15 is 0 Å². The Bertz CT molecular complexity index is 1130. The van der Waals surface area contributed by atoms with E-state index in [9.17, 15) is 14.7 Å². The zero-order valence-electron chi connectivity index (χ0n) is 14.6. The van der Waals surface area contributed by atoms with Crippen molar-refractivity contribution in [2.75, 3.05) is 12.4 Å². The minimum Gasteiger partial charge on any atom is -0.494 e. The molecular formula is C19H11Cl3INO4S. The second kappa shape index (κ2) is 9.09. The van der Waals surface area contributed by atoms with Crippen molar-refractivity contribution < 1.29 is 19.4 Å². The van der Waals surface area contributed by atoms with E-state index in [2.05, 4.69) is 27.9 Å². The fourth-order valence-corrected chi connectivity index (χ4v) is 4.91. The molecule has 3 aromatic rings. The number of hydrogen-bond donors (Lipinski definition) is 2. The lowest BCUT2D eigenvalue weighted by Gasteiger charge is -2.12. The summed E-state index contributed by atoms with van der Waals surface area (Å²) in [4.78, 5) is 24.7. The van der Waals surface area contributed by atoms with Gasteiger partial charge in [0.05, 0.1) is 22.7 Å². The van der Waals surface area contributed by atoms with Gasteiger partial charge in [0.2, 0.25) is 0 Å². The van der Waals surface area contributed by atoms with Gasteiger partial charge in [-0.2, -0.15) is 0 Å². The van der Waals surface area contributed by atoms with Crippen LogP contribution in [0.3, 0.4) is 0 Å². The van der Waals surface area contributed by atoms with Gasteiger partial charge in [0.1, 0.15) is 15.6 Å². The average Bonchev–Trinajstić information content (AvgIpc) is 3.09. The Morgan fingerprint density at radius 3 is 2.52 bits per heavy atom. The van der Waals surface area contributed by atoms with Crippen molar-refractivity contribution in [2.45, 2.75) is 0 Å². The highest BCUT2D eigenvalue weighted by molar-refractivity contribution is 14.1. The molecule has 2 aromatic carbocycles. The lowest BCUT2D eigenvalue weighted by atomic mass is 10.0. The van der Waals surface area contributed by atoms with E-state index < -0.39 is 11.9 Å². The van der Waals surface area contributed by atoms with Gasteiger partial charge in [-0.3, -0.25) is 4.79 Å². The van der Waals surface area contributed by atoms with Crippen molar-refractivity contribution in [3.8, 4) is 16.9 Å². The summed E-state index contributed by atoms with van der Waals surface area (Å²) < 4.78 is 6.07. The molecule has 5 nitrogen and oxygen atoms in total. The number of halogens is 4. The number of rotatable bonds is 5. The predicted octanol–water partition coefficient (Wildman–Crippen LogP) is 6.94. The first-order valence-electron chi connectivity index (χ1n) is 7.88. The highest BCUT2D eigenvalue weighted by Gasteiger charge is 2.24. The summed E-state index contributed by atoms with van der Waals surface area (Å²) >= 11 is 21.6. The molecule has 2 N–H and O–H groups in total. The Kier molecular flexibility index (Phi) is 6.95. The van der Waals surface area contributed by atoms with Crippen molar-refractivity contribution >= 4 is 85.6 Å². The topological polar surface area (TPSA) is 75.6 Å². The SMILES string of the molecule is COc1c(Cl)c(Cl)cc(C(=O)Nc2scc(-c3cccc(I)c3)c2C(=O)O)c1Cl. The normalized spacial score (nSPS) is 10.7. The van der Waals surface area contributed by atoms with Crippen molar-refractivity contribution in [2.24, 2.45) is 0 Å². The molecule has 0 fully saturated rings. The maximum Gasteiger partial charge on any atom is 0.339 e. The molecule has 0 saturated carbocycles. The quantitative estimate of drug-likeness (QED) is 0.253. The third kappa shape index (κ3) is 4.49. The number of aromatic carboxylic acids is 1. The number of carboxylic acids is 1. The zero-order valence-corrected chi connectivity index (χ0v) is 19.8. The molecular weight excluding hydrogens is 572 g/mol. The smallest absolute Gasteiger partial charge is 0.339 e. The van der Waals surface area contributed by atoms with Gasteiger partial charge in [-0.15, -0.1) is 11.3 Å². The number of benzene rings is 2. The summed E-state index contributed by atoms with van der Waals surface area (Å²) in [6.45, 7) is 0. The third-order valence-corrected chi connectivity index (χ3v) is 6.64. The van der Waals surface area contributed by atoms with Crippen LogP contribution in [0, 0.1) is 3.57 Å². The second-order valence-electron chi connectivity index (χ2n) is 5.69. The fourth-order valence-electron chi connectivity index (χ4n) is 2.63. The number of hydrogen-bond acceptors (Lipinski definition) is 4. The van der Waals surface area contributed by atoms with E-state index in [1.807, 2.05) is 24.3 Å². The summed E-state index contributed by atoms with van der Waals surface area (Å²) in [7, 11) is 1.35. The van der Waals surface area contributed by atoms with Crippen LogP contribution in [0.1, 0.15) is 20.7 Å². The van der Waals surface area contributed by atoms with Crippen molar-refractivity contribution in [3.05, 3.63) is 65.5 Å². The van der Waals surface area contributed by atoms with Gasteiger partial charge < -0.3 is 15.2 Å². The largest absolute Gasteiger partial charge is 0.494 e. The van der Waals surface area contributed by atoms with Gasteiger partial charge in [0.25, 0.3) is 5.91 Å². The van der Waals surface area contributed by atoms with Gasteiger partial charge in [-0.05, 0) is 46.4 Å². The minimum absolute atomic E-state index is 0.00602. The van der Waals surface area contributed by atoms with Crippen molar-refractivity contribution in [1.29, 1.82) is 0 Å². The molecule has 0 spiro atoms. The molecule has 1 amide bonds. The number of anilines is 1. The van der Waals surface area contributed by atoms with E-state index in [4.69, 9.17) is 39.5 Å². The Balaban J connectivity index is 2.03. The van der Waals surface area contributed by atoms with Gasteiger partial charge in [-0.25, -0.2) is 4.79 Å². The van der Waals surface area contributed by atoms with Gasteiger partial charge in [-0.1, -0.05) is 46.9 Å². The van der Waals surface area contributed by atoms with Gasteiger partial charge in [0.15, 0.2) is 5.75 Å². The maximum atomic E-state index is 12.8. The molecule has 29 heavy (non-hydrogen) atoms. The van der Waals surface area contributed by atoms with Crippen LogP contribution >= 0.6 is 68.7 Å². The van der Waals surface area contributed by atoms with Crippen molar-refractivity contribution in [1.82, 2.24) is 0 Å². The number of amides is 1. The number of carbonyl (C=O) groups excluding carboxylic acids is 1. The molecule has 0 radical (unpaired) electrons. The number of methoxy groups -OCH3 is 1. The Hall–Kier alpha value is -1.52. The van der Waals surface area contributed by atoms with E-state index in [-0.39, 0.29) is 36.9 Å². The van der Waals surface area contributed by atoms with E-state index in [0.717, 1.165) is 20.5 Å². The number of carboxylic acid groups (broad SMARTS) is 1. The van der Waals surface area contributed by atoms with Crippen LogP contribution in [-0.2, 0) is 0 Å². The Morgan fingerprint density at radius 2 is 1.90 bits per heavy atom. The summed E-state index contributed by atoms with van der Waals surface area (Å²) in [5, 5.41) is 14.3. The number of thiophene rings is 1. The molecule has 1 aromatic heterocycles. The highest BCUT2D eigenvalue weighted by atomic mass is 127. The van der Waals surface area contributed by atoms with E-state index in [1.165, 1.54) is 13.2 Å². The van der Waals surface area contributed by atoms with Gasteiger partial charge in [0, 0.05) is 14.5 Å². The maximum absolute atomic E-state index is 12.8. The van der Waals surface area contributed by atoms with Crippen LogP contribution in [0.4, 0.5) is 5.00 Å². The summed E-state index contributed by atoms with van der Waals surface area (Å²) in [5.41, 5.74) is 1.25. The molecule has 10 heteroatoms. The molecule has 0 bridgehead atoms. The zero-order chi connectivity index (χ0) is 21.3. The van der Waals surface area contributed by atoms with E-state index in [1.54, 1.807) is 5.38 Å². The molecule has 150 valence electrons. The first-order valence-corrected chi connectivity index (χ1v) is 11.0. The first kappa shape index (κ1) is 22.2. The average molecular weight is 583 g/mol. The standard InChI is InChI=1S/C19H11Cl3INO4S/c1-28-16-14(21)10(6-12(20)15(16)22)17(25)24-18-13(19(26)27)11(7-29-18)8-3-2-4-9(23)5-8/h2-7H,1H3,(H,24,25)(H,26,27). The molecule has 0 unspecified atom stereocenters. The summed E-state index contributed by atoms with van der Waals surface area (Å²) in [5.74, 6) is -1.73. The highest BCUT2D eigenvalue weighted by Crippen LogP contribution is 2.41. The van der Waals surface area contributed by atoms with Crippen LogP contribution in [0.2, 0.25) is 15.1 Å². The molecule has 0 aliphatic carbocycles. The number of carbonyl (C=O) groups is 2. The minimum atomic E-state index is -1.16. The fraction of sp³-hybridized carbons (Fsp3) is 0.0526. The number of nitrogens with one attached hydrogen (secondary N) is 1. The molecule has 0 saturated heterocycles. The first-order chi connectivity index (χ1) is 13.7. The molecule has 0 aliphatic rings. The van der Waals surface area contributed by atoms with Crippen molar-refractivity contribution in [3.63, 3.8) is 0 Å². The van der Waals surface area contributed by atoms with Crippen LogP contribution in [0.15, 0.2) is 35.7 Å². The van der Waals surface area contributed by atoms with Gasteiger partial charge >= 0.3 is 5.97 Å². The van der Waals surface area contributed by atoms with Crippen LogP contribution in [-0.4, -0.2) is 24.1 Å². The molecule has 0 aliphatic heterocycles. The molecule has 1 heterocycles. The van der Waals surface area contributed by atoms with Crippen LogP contribution in [0.25, 0.3) is 11.1 Å². The predicted molar refractivity (Wildman–Crippen MR) is 125 cm³/mol.